The van der Waals surface area contributed by atoms with Crippen molar-refractivity contribution in [1.82, 2.24) is 24.8 Å². The van der Waals surface area contributed by atoms with Gasteiger partial charge in [0.1, 0.15) is 11.8 Å². The van der Waals surface area contributed by atoms with Crippen LogP contribution in [0.5, 0.6) is 0 Å². The van der Waals surface area contributed by atoms with Gasteiger partial charge in [0.05, 0.1) is 5.56 Å². The molecule has 220 valence electrons. The fraction of sp³-hybridized carbons (Fsp3) is 0.321. The maximum Gasteiger partial charge on any atom is 0.419 e. The van der Waals surface area contributed by atoms with E-state index in [2.05, 4.69) is 25.5 Å². The molecule has 1 aliphatic rings. The summed E-state index contributed by atoms with van der Waals surface area (Å²) in [6, 6.07) is 4.52. The zero-order chi connectivity index (χ0) is 30.4. The van der Waals surface area contributed by atoms with Crippen LogP contribution in [-0.4, -0.2) is 73.8 Å². The Balaban J connectivity index is 1.53. The number of carboxylic acids is 1. The van der Waals surface area contributed by atoms with Crippen LogP contribution in [0.2, 0.25) is 0 Å². The van der Waals surface area contributed by atoms with E-state index in [1.54, 1.807) is 35.8 Å². The van der Waals surface area contributed by atoms with Gasteiger partial charge in [-0.05, 0) is 56.4 Å². The predicted octanol–water partition coefficient (Wildman–Crippen LogP) is 3.11. The second-order valence-corrected chi connectivity index (χ2v) is 9.55. The molecule has 4 rings (SSSR count). The number of aromatic nitrogens is 3. The molecule has 0 aliphatic heterocycles. The summed E-state index contributed by atoms with van der Waals surface area (Å²) in [5, 5.41) is 18.9. The molecule has 0 unspecified atom stereocenters. The third-order valence-electron chi connectivity index (χ3n) is 6.42. The number of carboxylic acid groups (broad SMARTS) is 1. The maximum absolute atomic E-state index is 13.4. The van der Waals surface area contributed by atoms with Crippen molar-refractivity contribution in [3.8, 4) is 0 Å². The fourth-order valence-corrected chi connectivity index (χ4v) is 4.10. The van der Waals surface area contributed by atoms with Gasteiger partial charge in [0.2, 0.25) is 6.79 Å². The molecule has 0 radical (unpaired) electrons. The van der Waals surface area contributed by atoms with Gasteiger partial charge in [-0.1, -0.05) is 13.0 Å². The summed E-state index contributed by atoms with van der Waals surface area (Å²) in [6.07, 6.45) is 5.23. The number of aryl methyl sites for hydroxylation is 2. The van der Waals surface area contributed by atoms with Crippen molar-refractivity contribution in [1.29, 1.82) is 0 Å². The lowest BCUT2D eigenvalue weighted by atomic mass is 10.1. The van der Waals surface area contributed by atoms with Gasteiger partial charge in [0.15, 0.2) is 5.82 Å². The molecule has 2 heterocycles. The maximum atomic E-state index is 13.4. The zero-order valence-corrected chi connectivity index (χ0v) is 23.2. The lowest BCUT2D eigenvalue weighted by Gasteiger charge is -2.20. The minimum absolute atomic E-state index is 0.199. The highest BCUT2D eigenvalue weighted by Gasteiger charge is 2.39. The van der Waals surface area contributed by atoms with E-state index in [1.165, 1.54) is 6.33 Å². The molecular weight excluding hydrogens is 548 g/mol. The molecule has 14 heteroatoms. The summed E-state index contributed by atoms with van der Waals surface area (Å²) in [6.45, 7) is 5.35. The summed E-state index contributed by atoms with van der Waals surface area (Å²) in [5.74, 6) is -2.76. The number of nitrogens with zero attached hydrogens (tertiary/aromatic N) is 4. The van der Waals surface area contributed by atoms with E-state index in [-0.39, 0.29) is 17.5 Å². The SMILES string of the molecule is CCCNC(=O)c1cn2ncnc(Nc3cc(C(=O)N(C(=O)OCOC(=O)C=CC(=O)O)C4CC4)ccc3C)c2c1C. The Morgan fingerprint density at radius 1 is 1.14 bits per heavy atom. The number of fused-ring (bicyclic) bond motifs is 1. The Bertz CT molecular complexity index is 1580. The Hall–Kier alpha value is -5.27. The third kappa shape index (κ3) is 6.89. The first kappa shape index (κ1) is 29.7. The van der Waals surface area contributed by atoms with Crippen LogP contribution in [0.15, 0.2) is 42.9 Å². The average molecular weight is 579 g/mol. The summed E-state index contributed by atoms with van der Waals surface area (Å²) in [4.78, 5) is 66.2. The molecule has 0 atom stereocenters. The van der Waals surface area contributed by atoms with Crippen LogP contribution < -0.4 is 10.6 Å². The van der Waals surface area contributed by atoms with Crippen molar-refractivity contribution < 1.29 is 38.6 Å². The van der Waals surface area contributed by atoms with E-state index in [9.17, 15) is 24.0 Å². The normalized spacial score (nSPS) is 12.6. The zero-order valence-electron chi connectivity index (χ0n) is 23.2. The Kier molecular flexibility index (Phi) is 9.15. The minimum Gasteiger partial charge on any atom is -0.478 e. The fourth-order valence-electron chi connectivity index (χ4n) is 4.10. The van der Waals surface area contributed by atoms with Crippen molar-refractivity contribution in [3.63, 3.8) is 0 Å². The van der Waals surface area contributed by atoms with Crippen LogP contribution in [0.25, 0.3) is 5.52 Å². The number of ether oxygens (including phenoxy) is 2. The number of rotatable bonds is 11. The summed E-state index contributed by atoms with van der Waals surface area (Å²) < 4.78 is 11.2. The molecular formula is C28H30N6O8. The second-order valence-electron chi connectivity index (χ2n) is 9.55. The Morgan fingerprint density at radius 3 is 2.60 bits per heavy atom. The molecule has 3 N–H and O–H groups in total. The number of amides is 3. The molecule has 1 aliphatic carbocycles. The molecule has 0 spiro atoms. The average Bonchev–Trinajstić information content (AvgIpc) is 3.73. The van der Waals surface area contributed by atoms with E-state index in [4.69, 9.17) is 9.84 Å². The summed E-state index contributed by atoms with van der Waals surface area (Å²) >= 11 is 0. The van der Waals surface area contributed by atoms with Gasteiger partial charge in [-0.15, -0.1) is 0 Å². The van der Waals surface area contributed by atoms with Crippen molar-refractivity contribution >= 4 is 46.9 Å². The Labute approximate surface area is 240 Å². The van der Waals surface area contributed by atoms with Crippen molar-refractivity contribution in [2.24, 2.45) is 0 Å². The molecule has 0 saturated heterocycles. The van der Waals surface area contributed by atoms with Crippen molar-refractivity contribution in [3.05, 3.63) is 65.1 Å². The Morgan fingerprint density at radius 2 is 1.90 bits per heavy atom. The van der Waals surface area contributed by atoms with Gasteiger partial charge in [-0.2, -0.15) is 5.10 Å². The second kappa shape index (κ2) is 12.9. The highest BCUT2D eigenvalue weighted by atomic mass is 16.7. The number of benzene rings is 1. The standard InChI is InChI=1S/C28H30N6O8/c1-4-11-29-26(38)20-13-33-24(17(20)3)25(30-14-31-33)32-21-12-18(6-5-16(21)2)27(39)34(19-7-8-19)28(40)42-15-41-23(37)10-9-22(35)36/h5-6,9-10,12-14,19H,4,7-8,11,15H2,1-3H3,(H,29,38)(H,35,36)(H,30,31,32). The smallest absolute Gasteiger partial charge is 0.419 e. The molecule has 1 aromatic carbocycles. The van der Waals surface area contributed by atoms with Gasteiger partial charge in [-0.3, -0.25) is 9.59 Å². The van der Waals surface area contributed by atoms with Gasteiger partial charge in [0, 0.05) is 42.2 Å². The van der Waals surface area contributed by atoms with Crippen molar-refractivity contribution in [2.75, 3.05) is 18.7 Å². The first-order valence-electron chi connectivity index (χ1n) is 13.2. The third-order valence-corrected chi connectivity index (χ3v) is 6.42. The molecule has 42 heavy (non-hydrogen) atoms. The van der Waals surface area contributed by atoms with Gasteiger partial charge in [0.25, 0.3) is 11.8 Å². The van der Waals surface area contributed by atoms with E-state index in [0.717, 1.165) is 16.9 Å². The molecule has 1 fully saturated rings. The number of anilines is 2. The van der Waals surface area contributed by atoms with E-state index in [0.29, 0.717) is 59.7 Å². The van der Waals surface area contributed by atoms with Crippen molar-refractivity contribution in [2.45, 2.75) is 46.1 Å². The van der Waals surface area contributed by atoms with Crippen LogP contribution >= 0.6 is 0 Å². The number of hydrogen-bond donors (Lipinski definition) is 3. The molecule has 14 nitrogen and oxygen atoms in total. The molecule has 1 saturated carbocycles. The largest absolute Gasteiger partial charge is 0.478 e. The quantitative estimate of drug-likeness (QED) is 0.173. The van der Waals surface area contributed by atoms with Crippen LogP contribution in [-0.2, 0) is 19.1 Å². The van der Waals surface area contributed by atoms with E-state index >= 15 is 0 Å². The molecule has 0 bridgehead atoms. The minimum atomic E-state index is -1.34. The number of esters is 1. The van der Waals surface area contributed by atoms with E-state index in [1.807, 2.05) is 13.8 Å². The molecule has 3 aromatic rings. The van der Waals surface area contributed by atoms with Crippen LogP contribution in [0, 0.1) is 13.8 Å². The topological polar surface area (TPSA) is 182 Å². The van der Waals surface area contributed by atoms with Crippen LogP contribution in [0.1, 0.15) is 58.0 Å². The predicted molar refractivity (Wildman–Crippen MR) is 148 cm³/mol. The summed E-state index contributed by atoms with van der Waals surface area (Å²) in [5.41, 5.74) is 3.27. The highest BCUT2D eigenvalue weighted by Crippen LogP contribution is 2.31. The van der Waals surface area contributed by atoms with Crippen LogP contribution in [0.3, 0.4) is 0 Å². The molecule has 2 aromatic heterocycles. The highest BCUT2D eigenvalue weighted by molar-refractivity contribution is 6.04. The number of imide groups is 1. The lowest BCUT2D eigenvalue weighted by molar-refractivity contribution is -0.146. The number of carbonyl (C=O) groups excluding carboxylic acids is 4. The first-order valence-corrected chi connectivity index (χ1v) is 13.2. The van der Waals surface area contributed by atoms with Gasteiger partial charge >= 0.3 is 18.0 Å². The van der Waals surface area contributed by atoms with Crippen LogP contribution in [0.4, 0.5) is 16.3 Å². The summed E-state index contributed by atoms with van der Waals surface area (Å²) in [7, 11) is 0. The first-order chi connectivity index (χ1) is 20.1. The number of nitrogens with one attached hydrogen (secondary N) is 2. The molecule has 3 amide bonds. The van der Waals surface area contributed by atoms with Gasteiger partial charge in [-0.25, -0.2) is 28.8 Å². The number of carbonyl (C=O) groups is 5. The monoisotopic (exact) mass is 578 g/mol. The van der Waals surface area contributed by atoms with E-state index < -0.39 is 30.7 Å². The number of aliphatic carboxylic acids is 1. The number of hydrogen-bond acceptors (Lipinski definition) is 10. The lowest BCUT2D eigenvalue weighted by Crippen LogP contribution is -2.39. The van der Waals surface area contributed by atoms with Gasteiger partial charge < -0.3 is 25.2 Å².